The summed E-state index contributed by atoms with van der Waals surface area (Å²) in [6, 6.07) is 11.1. The molecule has 0 aliphatic rings. The third kappa shape index (κ3) is 6.51. The number of nitrogens with zero attached hydrogens (tertiary/aromatic N) is 1. The standard InChI is InChI=1S/C20H21N3O7/c1-28-16-8-7-13(9-17(16)29-2)20(27)21-11-18(24)23-22-10-14-5-3-4-6-15(14)30-12-19(25)26/h3-10H,11-12H2,1-2H3,(H,21,27)(H,23,24)(H,25,26)/p-1/b22-10-. The fourth-order valence-corrected chi connectivity index (χ4v) is 2.31. The van der Waals surface area contributed by atoms with Gasteiger partial charge in [0.25, 0.3) is 11.8 Å². The zero-order valence-corrected chi connectivity index (χ0v) is 16.3. The molecule has 0 bridgehead atoms. The predicted molar refractivity (Wildman–Crippen MR) is 105 cm³/mol. The number of carbonyl (C=O) groups excluding carboxylic acids is 3. The number of carbonyl (C=O) groups is 3. The molecule has 158 valence electrons. The minimum absolute atomic E-state index is 0.265. The first-order chi connectivity index (χ1) is 14.4. The van der Waals surface area contributed by atoms with E-state index >= 15 is 0 Å². The summed E-state index contributed by atoms with van der Waals surface area (Å²) < 4.78 is 15.3. The van der Waals surface area contributed by atoms with Crippen molar-refractivity contribution >= 4 is 24.0 Å². The van der Waals surface area contributed by atoms with Gasteiger partial charge in [-0.15, -0.1) is 0 Å². The van der Waals surface area contributed by atoms with E-state index in [9.17, 15) is 19.5 Å². The highest BCUT2D eigenvalue weighted by Gasteiger charge is 2.11. The molecular formula is C20H20N3O7-. The summed E-state index contributed by atoms with van der Waals surface area (Å²) in [6.45, 7) is -0.924. The van der Waals surface area contributed by atoms with Gasteiger partial charge in [-0.05, 0) is 30.3 Å². The van der Waals surface area contributed by atoms with Gasteiger partial charge in [-0.2, -0.15) is 5.10 Å². The molecule has 2 rings (SSSR count). The highest BCUT2D eigenvalue weighted by atomic mass is 16.5. The summed E-state index contributed by atoms with van der Waals surface area (Å²) in [7, 11) is 2.93. The van der Waals surface area contributed by atoms with E-state index in [1.807, 2.05) is 0 Å². The average molecular weight is 414 g/mol. The summed E-state index contributed by atoms with van der Waals surface area (Å²) in [4.78, 5) is 34.6. The average Bonchev–Trinajstić information content (AvgIpc) is 2.76. The molecule has 2 amide bonds. The first kappa shape index (κ1) is 22.2. The van der Waals surface area contributed by atoms with Crippen molar-refractivity contribution in [1.82, 2.24) is 10.7 Å². The number of amides is 2. The lowest BCUT2D eigenvalue weighted by molar-refractivity contribution is -0.307. The summed E-state index contributed by atoms with van der Waals surface area (Å²) in [6.07, 6.45) is 1.29. The molecule has 2 aromatic carbocycles. The van der Waals surface area contributed by atoms with E-state index < -0.39 is 24.4 Å². The van der Waals surface area contributed by atoms with Crippen LogP contribution in [0.5, 0.6) is 17.2 Å². The zero-order chi connectivity index (χ0) is 21.9. The van der Waals surface area contributed by atoms with Crippen molar-refractivity contribution in [2.75, 3.05) is 27.4 Å². The molecule has 0 fully saturated rings. The summed E-state index contributed by atoms with van der Waals surface area (Å²) in [5, 5.41) is 16.7. The number of aliphatic carboxylic acids is 1. The lowest BCUT2D eigenvalue weighted by Gasteiger charge is -2.10. The predicted octanol–water partition coefficient (Wildman–Crippen LogP) is -0.287. The maximum atomic E-state index is 12.2. The Labute approximate surface area is 172 Å². The summed E-state index contributed by atoms with van der Waals surface area (Å²) in [5.74, 6) is -1.27. The van der Waals surface area contributed by atoms with Gasteiger partial charge in [0.15, 0.2) is 11.5 Å². The van der Waals surface area contributed by atoms with Crippen LogP contribution in [0.25, 0.3) is 0 Å². The van der Waals surface area contributed by atoms with Crippen LogP contribution in [0.2, 0.25) is 0 Å². The van der Waals surface area contributed by atoms with Gasteiger partial charge in [0.2, 0.25) is 0 Å². The number of nitrogens with one attached hydrogen (secondary N) is 2. The Morgan fingerprint density at radius 2 is 1.77 bits per heavy atom. The second-order valence-electron chi connectivity index (χ2n) is 5.74. The number of carboxylic acid groups (broad SMARTS) is 1. The fourth-order valence-electron chi connectivity index (χ4n) is 2.31. The number of para-hydroxylation sites is 1. The van der Waals surface area contributed by atoms with Crippen LogP contribution in [0.4, 0.5) is 0 Å². The molecule has 0 heterocycles. The number of methoxy groups -OCH3 is 2. The van der Waals surface area contributed by atoms with Gasteiger partial charge < -0.3 is 29.4 Å². The molecule has 2 N–H and O–H groups in total. The van der Waals surface area contributed by atoms with Crippen molar-refractivity contribution in [2.45, 2.75) is 0 Å². The Morgan fingerprint density at radius 1 is 1.03 bits per heavy atom. The molecule has 0 spiro atoms. The first-order valence-electron chi connectivity index (χ1n) is 8.68. The molecule has 10 heteroatoms. The Bertz CT molecular complexity index is 944. The Kier molecular flexibility index (Phi) is 8.18. The van der Waals surface area contributed by atoms with Crippen molar-refractivity contribution in [3.63, 3.8) is 0 Å². The molecule has 0 aromatic heterocycles. The second-order valence-corrected chi connectivity index (χ2v) is 5.74. The lowest BCUT2D eigenvalue weighted by Crippen LogP contribution is -2.34. The second kappa shape index (κ2) is 11.1. The number of hydrogen-bond acceptors (Lipinski definition) is 8. The van der Waals surface area contributed by atoms with E-state index in [1.54, 1.807) is 30.3 Å². The van der Waals surface area contributed by atoms with Gasteiger partial charge in [-0.1, -0.05) is 12.1 Å². The van der Waals surface area contributed by atoms with Crippen molar-refractivity contribution in [3.05, 3.63) is 53.6 Å². The van der Waals surface area contributed by atoms with E-state index in [0.29, 0.717) is 22.6 Å². The van der Waals surface area contributed by atoms with Gasteiger partial charge in [-0.3, -0.25) is 9.59 Å². The normalized spacial score (nSPS) is 10.3. The molecule has 0 aliphatic heterocycles. The van der Waals surface area contributed by atoms with Gasteiger partial charge in [0, 0.05) is 11.1 Å². The number of hydrogen-bond donors (Lipinski definition) is 2. The highest BCUT2D eigenvalue weighted by molar-refractivity contribution is 5.97. The maximum Gasteiger partial charge on any atom is 0.259 e. The number of hydrazone groups is 1. The Balaban J connectivity index is 1.88. The summed E-state index contributed by atoms with van der Waals surface area (Å²) in [5.41, 5.74) is 3.00. The van der Waals surface area contributed by atoms with E-state index in [0.717, 1.165) is 0 Å². The SMILES string of the molecule is COc1ccc(C(=O)NCC(=O)N/N=C\c2ccccc2OCC(=O)[O-])cc1OC. The van der Waals surface area contributed by atoms with E-state index in [2.05, 4.69) is 15.8 Å². The maximum absolute atomic E-state index is 12.2. The molecule has 0 radical (unpaired) electrons. The minimum atomic E-state index is -1.36. The molecule has 10 nitrogen and oxygen atoms in total. The fraction of sp³-hybridized carbons (Fsp3) is 0.200. The topological polar surface area (TPSA) is 138 Å². The van der Waals surface area contributed by atoms with E-state index in [1.165, 1.54) is 32.6 Å². The van der Waals surface area contributed by atoms with Gasteiger partial charge in [-0.25, -0.2) is 5.43 Å². The van der Waals surface area contributed by atoms with Gasteiger partial charge in [0.05, 0.1) is 32.9 Å². The number of carboxylic acids is 1. The molecule has 0 unspecified atom stereocenters. The van der Waals surface area contributed by atoms with Gasteiger partial charge >= 0.3 is 0 Å². The Morgan fingerprint density at radius 3 is 2.47 bits per heavy atom. The number of ether oxygens (including phenoxy) is 3. The van der Waals surface area contributed by atoms with Crippen molar-refractivity contribution < 1.29 is 33.7 Å². The third-order valence-corrected chi connectivity index (χ3v) is 3.71. The molecule has 0 saturated heterocycles. The van der Waals surface area contributed by atoms with E-state index in [4.69, 9.17) is 14.2 Å². The lowest BCUT2D eigenvalue weighted by atomic mass is 10.2. The molecule has 0 saturated carbocycles. The van der Waals surface area contributed by atoms with E-state index in [-0.39, 0.29) is 12.3 Å². The van der Waals surface area contributed by atoms with Crippen LogP contribution in [-0.2, 0) is 9.59 Å². The van der Waals surface area contributed by atoms with Crippen LogP contribution in [0.15, 0.2) is 47.6 Å². The third-order valence-electron chi connectivity index (χ3n) is 3.71. The molecular weight excluding hydrogens is 394 g/mol. The van der Waals surface area contributed by atoms with Crippen molar-refractivity contribution in [3.8, 4) is 17.2 Å². The molecule has 30 heavy (non-hydrogen) atoms. The Hall–Kier alpha value is -4.08. The first-order valence-corrected chi connectivity index (χ1v) is 8.68. The summed E-state index contributed by atoms with van der Waals surface area (Å²) >= 11 is 0. The minimum Gasteiger partial charge on any atom is -0.546 e. The monoisotopic (exact) mass is 414 g/mol. The highest BCUT2D eigenvalue weighted by Crippen LogP contribution is 2.27. The van der Waals surface area contributed by atoms with Crippen LogP contribution in [0.3, 0.4) is 0 Å². The number of benzene rings is 2. The molecule has 2 aromatic rings. The molecule has 0 aliphatic carbocycles. The van der Waals surface area contributed by atoms with Crippen LogP contribution in [-0.4, -0.2) is 51.4 Å². The largest absolute Gasteiger partial charge is 0.546 e. The van der Waals surface area contributed by atoms with Crippen molar-refractivity contribution in [1.29, 1.82) is 0 Å². The van der Waals surface area contributed by atoms with Crippen molar-refractivity contribution in [2.24, 2.45) is 5.10 Å². The van der Waals surface area contributed by atoms with Crippen LogP contribution >= 0.6 is 0 Å². The van der Waals surface area contributed by atoms with Crippen LogP contribution < -0.4 is 30.1 Å². The van der Waals surface area contributed by atoms with Crippen LogP contribution in [0.1, 0.15) is 15.9 Å². The quantitative estimate of drug-likeness (QED) is 0.402. The zero-order valence-electron chi connectivity index (χ0n) is 16.3. The molecule has 0 atom stereocenters. The van der Waals surface area contributed by atoms with Gasteiger partial charge in [0.1, 0.15) is 12.4 Å². The smallest absolute Gasteiger partial charge is 0.259 e. The number of rotatable bonds is 10. The van der Waals surface area contributed by atoms with Crippen LogP contribution in [0, 0.1) is 0 Å².